The minimum Gasteiger partial charge on any atom is -0.490 e. The number of nitrogens with two attached hydrogens (primary N) is 1. The minimum absolute atomic E-state index is 0.218. The summed E-state index contributed by atoms with van der Waals surface area (Å²) in [5, 5.41) is 2.68. The van der Waals surface area contributed by atoms with E-state index in [1.165, 1.54) is 0 Å². The molecule has 3 aromatic rings. The lowest BCUT2D eigenvalue weighted by atomic mass is 9.93. The smallest absolute Gasteiger partial charge is 0.121 e. The van der Waals surface area contributed by atoms with Gasteiger partial charge in [-0.1, -0.05) is 41.9 Å². The summed E-state index contributed by atoms with van der Waals surface area (Å²) in [6, 6.07) is 14.5. The van der Waals surface area contributed by atoms with Crippen LogP contribution < -0.4 is 10.5 Å². The van der Waals surface area contributed by atoms with Crippen LogP contribution in [0.1, 0.15) is 25.7 Å². The fourth-order valence-corrected chi connectivity index (χ4v) is 3.78. The zero-order valence-corrected chi connectivity index (χ0v) is 14.7. The molecule has 0 atom stereocenters. The van der Waals surface area contributed by atoms with Crippen LogP contribution in [0, 0.1) is 0 Å². The summed E-state index contributed by atoms with van der Waals surface area (Å²) in [5.74, 6) is 0.821. The molecule has 0 unspecified atom stereocenters. The normalized spacial score (nSPS) is 20.6. The Balaban J connectivity index is 1.72. The number of rotatable bonds is 3. The number of aromatic nitrogens is 1. The quantitative estimate of drug-likeness (QED) is 0.704. The molecule has 1 aliphatic rings. The van der Waals surface area contributed by atoms with E-state index in [4.69, 9.17) is 22.1 Å². The van der Waals surface area contributed by atoms with Crippen LogP contribution in [0.5, 0.6) is 5.75 Å². The van der Waals surface area contributed by atoms with E-state index in [0.717, 1.165) is 53.3 Å². The maximum Gasteiger partial charge on any atom is 0.121 e. The monoisotopic (exact) mass is 352 g/mol. The summed E-state index contributed by atoms with van der Waals surface area (Å²) < 4.78 is 6.22. The predicted octanol–water partition coefficient (Wildman–Crippen LogP) is 5.20. The zero-order chi connectivity index (χ0) is 17.2. The average Bonchev–Trinajstić information content (AvgIpc) is 2.64. The van der Waals surface area contributed by atoms with E-state index in [2.05, 4.69) is 23.2 Å². The minimum atomic E-state index is 0.218. The van der Waals surface area contributed by atoms with Crippen molar-refractivity contribution >= 4 is 22.4 Å². The highest BCUT2D eigenvalue weighted by molar-refractivity contribution is 6.36. The SMILES string of the molecule is N[C@H]1CC[C@H](Oc2cc(Cl)c3cncc(-c4ccccc4)c3c2)CC1. The van der Waals surface area contributed by atoms with Crippen LogP contribution >= 0.6 is 11.6 Å². The Hall–Kier alpha value is -2.10. The number of fused-ring (bicyclic) bond motifs is 1. The molecule has 0 spiro atoms. The second-order valence-electron chi connectivity index (χ2n) is 6.71. The van der Waals surface area contributed by atoms with Gasteiger partial charge in [0.05, 0.1) is 11.1 Å². The molecule has 0 aliphatic heterocycles. The van der Waals surface area contributed by atoms with E-state index in [0.29, 0.717) is 11.1 Å². The van der Waals surface area contributed by atoms with E-state index >= 15 is 0 Å². The molecule has 1 aliphatic carbocycles. The van der Waals surface area contributed by atoms with Gasteiger partial charge in [-0.2, -0.15) is 0 Å². The van der Waals surface area contributed by atoms with Crippen molar-refractivity contribution in [2.75, 3.05) is 0 Å². The first kappa shape index (κ1) is 16.4. The Kier molecular flexibility index (Phi) is 4.60. The largest absolute Gasteiger partial charge is 0.490 e. The third kappa shape index (κ3) is 3.48. The summed E-state index contributed by atoms with van der Waals surface area (Å²) in [6.07, 6.45) is 7.95. The summed E-state index contributed by atoms with van der Waals surface area (Å²) >= 11 is 6.52. The van der Waals surface area contributed by atoms with Crippen LogP contribution in [0.3, 0.4) is 0 Å². The first-order chi connectivity index (χ1) is 12.2. The average molecular weight is 353 g/mol. The summed E-state index contributed by atoms with van der Waals surface area (Å²) in [6.45, 7) is 0. The van der Waals surface area contributed by atoms with Crippen molar-refractivity contribution in [3.8, 4) is 16.9 Å². The maximum atomic E-state index is 6.52. The number of ether oxygens (including phenoxy) is 1. The number of benzene rings is 2. The Bertz CT molecular complexity index is 874. The van der Waals surface area contributed by atoms with Crippen molar-refractivity contribution in [3.05, 3.63) is 59.9 Å². The predicted molar refractivity (Wildman–Crippen MR) is 103 cm³/mol. The molecule has 4 heteroatoms. The van der Waals surface area contributed by atoms with Crippen LogP contribution in [0.2, 0.25) is 5.02 Å². The number of hydrogen-bond donors (Lipinski definition) is 1. The molecule has 128 valence electrons. The standard InChI is InChI=1S/C21H21ClN2O/c22-21-11-17(25-16-8-6-15(23)7-9-16)10-18-19(12-24-13-20(18)21)14-4-2-1-3-5-14/h1-5,10-13,15-16H,6-9,23H2/t15-,16-. The molecule has 2 aromatic carbocycles. The van der Waals surface area contributed by atoms with Gasteiger partial charge in [0.25, 0.3) is 0 Å². The first-order valence-electron chi connectivity index (χ1n) is 8.75. The van der Waals surface area contributed by atoms with Gasteiger partial charge in [0.2, 0.25) is 0 Å². The van der Waals surface area contributed by atoms with Gasteiger partial charge in [0, 0.05) is 29.4 Å². The lowest BCUT2D eigenvalue weighted by Crippen LogP contribution is -2.31. The number of pyridine rings is 1. The van der Waals surface area contributed by atoms with E-state index in [-0.39, 0.29) is 6.10 Å². The lowest BCUT2D eigenvalue weighted by Gasteiger charge is -2.27. The van der Waals surface area contributed by atoms with Gasteiger partial charge in [-0.15, -0.1) is 0 Å². The Labute approximate surface area is 152 Å². The third-order valence-corrected chi connectivity index (χ3v) is 5.22. The number of hydrogen-bond acceptors (Lipinski definition) is 3. The molecular weight excluding hydrogens is 332 g/mol. The van der Waals surface area contributed by atoms with Crippen molar-refractivity contribution in [2.45, 2.75) is 37.8 Å². The molecule has 2 N–H and O–H groups in total. The molecule has 0 saturated heterocycles. The van der Waals surface area contributed by atoms with Crippen LogP contribution in [-0.4, -0.2) is 17.1 Å². The van der Waals surface area contributed by atoms with Crippen molar-refractivity contribution < 1.29 is 4.74 Å². The van der Waals surface area contributed by atoms with E-state index in [1.807, 2.05) is 36.7 Å². The van der Waals surface area contributed by atoms with Crippen molar-refractivity contribution in [1.82, 2.24) is 4.98 Å². The van der Waals surface area contributed by atoms with Gasteiger partial charge in [-0.25, -0.2) is 0 Å². The topological polar surface area (TPSA) is 48.1 Å². The Morgan fingerprint density at radius 3 is 2.48 bits per heavy atom. The molecule has 4 rings (SSSR count). The maximum absolute atomic E-state index is 6.52. The van der Waals surface area contributed by atoms with Crippen molar-refractivity contribution in [2.24, 2.45) is 5.73 Å². The summed E-state index contributed by atoms with van der Waals surface area (Å²) in [7, 11) is 0. The number of nitrogens with zero attached hydrogens (tertiary/aromatic N) is 1. The molecule has 1 aromatic heterocycles. The van der Waals surface area contributed by atoms with E-state index < -0.39 is 0 Å². The van der Waals surface area contributed by atoms with Crippen LogP contribution in [0.15, 0.2) is 54.9 Å². The van der Waals surface area contributed by atoms with Gasteiger partial charge in [-0.05, 0) is 48.8 Å². The van der Waals surface area contributed by atoms with Crippen molar-refractivity contribution in [3.63, 3.8) is 0 Å². The highest BCUT2D eigenvalue weighted by Crippen LogP contribution is 2.36. The first-order valence-corrected chi connectivity index (χ1v) is 9.13. The van der Waals surface area contributed by atoms with Gasteiger partial charge in [-0.3, -0.25) is 4.98 Å². The number of halogens is 1. The Morgan fingerprint density at radius 1 is 0.960 bits per heavy atom. The second kappa shape index (κ2) is 7.03. The van der Waals surface area contributed by atoms with Crippen molar-refractivity contribution in [1.29, 1.82) is 0 Å². The molecule has 0 radical (unpaired) electrons. The van der Waals surface area contributed by atoms with E-state index in [9.17, 15) is 0 Å². The molecule has 3 nitrogen and oxygen atoms in total. The van der Waals surface area contributed by atoms with Crippen LogP contribution in [-0.2, 0) is 0 Å². The molecule has 1 heterocycles. The second-order valence-corrected chi connectivity index (χ2v) is 7.12. The van der Waals surface area contributed by atoms with Gasteiger partial charge < -0.3 is 10.5 Å². The zero-order valence-electron chi connectivity index (χ0n) is 14.0. The molecule has 0 bridgehead atoms. The summed E-state index contributed by atoms with van der Waals surface area (Å²) in [4.78, 5) is 4.36. The fourth-order valence-electron chi connectivity index (χ4n) is 3.52. The van der Waals surface area contributed by atoms with Gasteiger partial charge in [0.1, 0.15) is 5.75 Å². The molecular formula is C21H21ClN2O. The van der Waals surface area contributed by atoms with Gasteiger partial charge >= 0.3 is 0 Å². The molecule has 0 amide bonds. The highest BCUT2D eigenvalue weighted by Gasteiger charge is 2.20. The summed E-state index contributed by atoms with van der Waals surface area (Å²) in [5.41, 5.74) is 8.18. The lowest BCUT2D eigenvalue weighted by molar-refractivity contribution is 0.147. The molecule has 25 heavy (non-hydrogen) atoms. The Morgan fingerprint density at radius 2 is 1.72 bits per heavy atom. The third-order valence-electron chi connectivity index (χ3n) is 4.91. The molecule has 1 saturated carbocycles. The van der Waals surface area contributed by atoms with Gasteiger partial charge in [0.15, 0.2) is 0 Å². The van der Waals surface area contributed by atoms with Crippen LogP contribution in [0.25, 0.3) is 21.9 Å². The highest BCUT2D eigenvalue weighted by atomic mass is 35.5. The van der Waals surface area contributed by atoms with Crippen LogP contribution in [0.4, 0.5) is 0 Å². The van der Waals surface area contributed by atoms with E-state index in [1.54, 1.807) is 0 Å². The molecule has 1 fully saturated rings. The fraction of sp³-hybridized carbons (Fsp3) is 0.286.